The van der Waals surface area contributed by atoms with E-state index in [0.717, 1.165) is 22.0 Å². The molecule has 1 amide bonds. The van der Waals surface area contributed by atoms with Crippen molar-refractivity contribution in [1.82, 2.24) is 14.8 Å². The summed E-state index contributed by atoms with van der Waals surface area (Å²) >= 11 is 1.29. The first-order chi connectivity index (χ1) is 16.2. The van der Waals surface area contributed by atoms with Crippen LogP contribution < -0.4 is 10.1 Å². The molecule has 4 aromatic rings. The maximum absolute atomic E-state index is 12.7. The predicted molar refractivity (Wildman–Crippen MR) is 128 cm³/mol. The van der Waals surface area contributed by atoms with Gasteiger partial charge in [0.25, 0.3) is 5.91 Å². The molecule has 0 radical (unpaired) electrons. The second-order valence-electron chi connectivity index (χ2n) is 7.02. The summed E-state index contributed by atoms with van der Waals surface area (Å²) < 4.78 is 7.38. The Morgan fingerprint density at radius 2 is 1.91 bits per heavy atom. The van der Waals surface area contributed by atoms with E-state index in [1.807, 2.05) is 90.5 Å². The lowest BCUT2D eigenvalue weighted by Gasteiger charge is -2.09. The SMILES string of the molecule is CCOc1ccc(-n2cccc2C=C(C#N)C(=O)Nc2nnc(Cc3ccccc3)s2)cc1. The molecular weight excluding hydrogens is 434 g/mol. The molecule has 33 heavy (non-hydrogen) atoms. The first-order valence-corrected chi connectivity index (χ1v) is 11.2. The lowest BCUT2D eigenvalue weighted by molar-refractivity contribution is -0.112. The topological polar surface area (TPSA) is 92.8 Å². The van der Waals surface area contributed by atoms with E-state index in [4.69, 9.17) is 4.74 Å². The van der Waals surface area contributed by atoms with E-state index in [1.165, 1.54) is 11.3 Å². The van der Waals surface area contributed by atoms with Crippen LogP contribution in [0.1, 0.15) is 23.2 Å². The van der Waals surface area contributed by atoms with Crippen molar-refractivity contribution >= 4 is 28.5 Å². The highest BCUT2D eigenvalue weighted by molar-refractivity contribution is 7.15. The van der Waals surface area contributed by atoms with Crippen LogP contribution in [0.25, 0.3) is 11.8 Å². The van der Waals surface area contributed by atoms with E-state index in [-0.39, 0.29) is 5.57 Å². The number of hydrogen-bond acceptors (Lipinski definition) is 6. The van der Waals surface area contributed by atoms with Crippen LogP contribution in [0, 0.1) is 11.3 Å². The molecule has 7 nitrogen and oxygen atoms in total. The molecule has 0 unspecified atom stereocenters. The normalized spacial score (nSPS) is 11.1. The number of rotatable bonds is 8. The Labute approximate surface area is 195 Å². The second kappa shape index (κ2) is 10.4. The van der Waals surface area contributed by atoms with Gasteiger partial charge in [0.1, 0.15) is 22.4 Å². The molecule has 2 aromatic heterocycles. The molecule has 1 N–H and O–H groups in total. The Morgan fingerprint density at radius 3 is 2.64 bits per heavy atom. The Bertz CT molecular complexity index is 1300. The number of hydrogen-bond donors (Lipinski definition) is 1. The summed E-state index contributed by atoms with van der Waals surface area (Å²) in [5, 5.41) is 21.6. The zero-order chi connectivity index (χ0) is 23.0. The zero-order valence-electron chi connectivity index (χ0n) is 17.9. The third-order valence-electron chi connectivity index (χ3n) is 4.75. The number of nitriles is 1. The monoisotopic (exact) mass is 455 g/mol. The number of nitrogens with zero attached hydrogens (tertiary/aromatic N) is 4. The van der Waals surface area contributed by atoms with E-state index in [1.54, 1.807) is 6.08 Å². The van der Waals surface area contributed by atoms with Gasteiger partial charge in [-0.05, 0) is 55.0 Å². The molecule has 2 heterocycles. The van der Waals surface area contributed by atoms with Crippen molar-refractivity contribution in [3.05, 3.63) is 94.8 Å². The molecule has 0 fully saturated rings. The van der Waals surface area contributed by atoms with Gasteiger partial charge in [0.05, 0.1) is 6.61 Å². The predicted octanol–water partition coefficient (Wildman–Crippen LogP) is 4.86. The van der Waals surface area contributed by atoms with Crippen molar-refractivity contribution in [2.45, 2.75) is 13.3 Å². The highest BCUT2D eigenvalue weighted by atomic mass is 32.1. The van der Waals surface area contributed by atoms with Crippen molar-refractivity contribution in [3.8, 4) is 17.5 Å². The number of nitrogens with one attached hydrogen (secondary N) is 1. The molecule has 0 saturated heterocycles. The number of ether oxygens (including phenoxy) is 1. The fraction of sp³-hybridized carbons (Fsp3) is 0.120. The fourth-order valence-electron chi connectivity index (χ4n) is 3.22. The minimum Gasteiger partial charge on any atom is -0.494 e. The van der Waals surface area contributed by atoms with Crippen molar-refractivity contribution in [2.75, 3.05) is 11.9 Å². The van der Waals surface area contributed by atoms with Crippen LogP contribution in [-0.4, -0.2) is 27.3 Å². The lowest BCUT2D eigenvalue weighted by atomic mass is 10.2. The van der Waals surface area contributed by atoms with Crippen molar-refractivity contribution in [1.29, 1.82) is 5.26 Å². The number of anilines is 1. The number of carbonyl (C=O) groups is 1. The van der Waals surface area contributed by atoms with Gasteiger partial charge in [-0.2, -0.15) is 5.26 Å². The molecule has 2 aromatic carbocycles. The average molecular weight is 456 g/mol. The van der Waals surface area contributed by atoms with Gasteiger partial charge < -0.3 is 9.30 Å². The molecule has 0 aliphatic carbocycles. The average Bonchev–Trinajstić information content (AvgIpc) is 3.48. The Balaban J connectivity index is 1.48. The summed E-state index contributed by atoms with van der Waals surface area (Å²) in [6.45, 7) is 2.53. The largest absolute Gasteiger partial charge is 0.494 e. The van der Waals surface area contributed by atoms with Gasteiger partial charge in [-0.15, -0.1) is 10.2 Å². The number of benzene rings is 2. The maximum Gasteiger partial charge on any atom is 0.268 e. The highest BCUT2D eigenvalue weighted by Crippen LogP contribution is 2.21. The summed E-state index contributed by atoms with van der Waals surface area (Å²) in [6, 6.07) is 23.2. The van der Waals surface area contributed by atoms with E-state index in [0.29, 0.717) is 23.9 Å². The lowest BCUT2D eigenvalue weighted by Crippen LogP contribution is -2.13. The summed E-state index contributed by atoms with van der Waals surface area (Å²) in [6.07, 6.45) is 4.05. The molecule has 8 heteroatoms. The van der Waals surface area contributed by atoms with E-state index in [9.17, 15) is 10.1 Å². The number of amides is 1. The highest BCUT2D eigenvalue weighted by Gasteiger charge is 2.14. The molecule has 0 spiro atoms. The van der Waals surface area contributed by atoms with E-state index in [2.05, 4.69) is 15.5 Å². The van der Waals surface area contributed by atoms with E-state index < -0.39 is 5.91 Å². The second-order valence-corrected chi connectivity index (χ2v) is 8.08. The van der Waals surface area contributed by atoms with Gasteiger partial charge in [-0.3, -0.25) is 10.1 Å². The quantitative estimate of drug-likeness (QED) is 0.302. The molecule has 0 bridgehead atoms. The molecular formula is C25H21N5O2S. The van der Waals surface area contributed by atoms with Crippen LogP contribution in [0.2, 0.25) is 0 Å². The first kappa shape index (κ1) is 22.0. The van der Waals surface area contributed by atoms with Crippen LogP contribution in [0.5, 0.6) is 5.75 Å². The van der Waals surface area contributed by atoms with Crippen LogP contribution in [0.15, 0.2) is 78.5 Å². The molecule has 0 saturated carbocycles. The molecule has 4 rings (SSSR count). The molecule has 0 aliphatic heterocycles. The van der Waals surface area contributed by atoms with Crippen LogP contribution in [0.3, 0.4) is 0 Å². The van der Waals surface area contributed by atoms with Crippen molar-refractivity contribution in [2.24, 2.45) is 0 Å². The number of aromatic nitrogens is 3. The van der Waals surface area contributed by atoms with Gasteiger partial charge in [-0.1, -0.05) is 41.7 Å². The minimum absolute atomic E-state index is 0.0271. The molecule has 164 valence electrons. The standard InChI is InChI=1S/C25H21N5O2S/c1-2-32-22-12-10-20(11-13-22)30-14-6-9-21(30)16-19(17-26)24(31)27-25-29-28-23(33-25)15-18-7-4-3-5-8-18/h3-14,16H,2,15H2,1H3,(H,27,29,31). The molecule has 0 atom stereocenters. The minimum atomic E-state index is -0.528. The Hall–Kier alpha value is -4.22. The summed E-state index contributed by atoms with van der Waals surface area (Å²) in [7, 11) is 0. The van der Waals surface area contributed by atoms with Gasteiger partial charge in [-0.25, -0.2) is 0 Å². The fourth-order valence-corrected chi connectivity index (χ4v) is 3.99. The van der Waals surface area contributed by atoms with Crippen molar-refractivity contribution in [3.63, 3.8) is 0 Å². The smallest absolute Gasteiger partial charge is 0.268 e. The summed E-state index contributed by atoms with van der Waals surface area (Å²) in [5.41, 5.74) is 2.68. The van der Waals surface area contributed by atoms with Crippen LogP contribution in [0.4, 0.5) is 5.13 Å². The Kier molecular flexibility index (Phi) is 6.93. The van der Waals surface area contributed by atoms with E-state index >= 15 is 0 Å². The van der Waals surface area contributed by atoms with Crippen LogP contribution >= 0.6 is 11.3 Å². The summed E-state index contributed by atoms with van der Waals surface area (Å²) in [5.74, 6) is 0.255. The zero-order valence-corrected chi connectivity index (χ0v) is 18.7. The third-order valence-corrected chi connectivity index (χ3v) is 5.59. The Morgan fingerprint density at radius 1 is 1.12 bits per heavy atom. The van der Waals surface area contributed by atoms with Gasteiger partial charge >= 0.3 is 0 Å². The van der Waals surface area contributed by atoms with Gasteiger partial charge in [0.15, 0.2) is 0 Å². The third kappa shape index (κ3) is 5.53. The number of carbonyl (C=O) groups excluding carboxylic acids is 1. The summed E-state index contributed by atoms with van der Waals surface area (Å²) in [4.78, 5) is 12.7. The molecule has 0 aliphatic rings. The van der Waals surface area contributed by atoms with Gasteiger partial charge in [0, 0.05) is 24.0 Å². The van der Waals surface area contributed by atoms with Gasteiger partial charge in [0.2, 0.25) is 5.13 Å². The first-order valence-electron chi connectivity index (χ1n) is 10.4. The van der Waals surface area contributed by atoms with Crippen molar-refractivity contribution < 1.29 is 9.53 Å². The van der Waals surface area contributed by atoms with Crippen LogP contribution in [-0.2, 0) is 11.2 Å². The maximum atomic E-state index is 12.7.